The summed E-state index contributed by atoms with van der Waals surface area (Å²) in [5.41, 5.74) is 2.74. The zero-order chi connectivity index (χ0) is 15.4. The van der Waals surface area contributed by atoms with E-state index in [1.165, 1.54) is 30.6 Å². The number of hydrogen-bond donors (Lipinski definition) is 1. The molecule has 1 aromatic rings. The van der Waals surface area contributed by atoms with Crippen LogP contribution in [-0.2, 0) is 0 Å². The van der Waals surface area contributed by atoms with Gasteiger partial charge in [0.2, 0.25) is 0 Å². The Morgan fingerprint density at radius 2 is 1.90 bits per heavy atom. The zero-order valence-corrected chi connectivity index (χ0v) is 14.3. The lowest BCUT2D eigenvalue weighted by molar-refractivity contribution is 0.0636. The first kappa shape index (κ1) is 16.3. The quantitative estimate of drug-likeness (QED) is 0.898. The molecule has 1 fully saturated rings. The number of hydrogen-bond acceptors (Lipinski definition) is 3. The van der Waals surface area contributed by atoms with Crippen LogP contribution in [0.15, 0.2) is 24.3 Å². The van der Waals surface area contributed by atoms with Crippen molar-refractivity contribution in [3.63, 3.8) is 0 Å². The molecule has 0 radical (unpaired) electrons. The average molecular weight is 289 g/mol. The average Bonchev–Trinajstić information content (AvgIpc) is 2.47. The van der Waals surface area contributed by atoms with Crippen LogP contribution in [0.4, 0.5) is 5.69 Å². The van der Waals surface area contributed by atoms with Crippen molar-refractivity contribution in [1.29, 1.82) is 0 Å². The number of anilines is 1. The van der Waals surface area contributed by atoms with Crippen LogP contribution in [0.1, 0.15) is 38.3 Å². The van der Waals surface area contributed by atoms with Crippen LogP contribution in [0.3, 0.4) is 0 Å². The molecule has 1 aliphatic rings. The minimum atomic E-state index is 0.544. The molecule has 21 heavy (non-hydrogen) atoms. The van der Waals surface area contributed by atoms with E-state index in [0.717, 1.165) is 6.54 Å². The second kappa shape index (κ2) is 7.28. The Kier molecular flexibility index (Phi) is 5.65. The van der Waals surface area contributed by atoms with Gasteiger partial charge in [-0.05, 0) is 70.4 Å². The highest BCUT2D eigenvalue weighted by Gasteiger charge is 2.33. The lowest BCUT2D eigenvalue weighted by Crippen LogP contribution is -2.45. The number of nitrogens with zero attached hydrogens (tertiary/aromatic N) is 2. The molecule has 1 aliphatic heterocycles. The molecule has 2 atom stereocenters. The number of rotatable bonds is 5. The van der Waals surface area contributed by atoms with Crippen molar-refractivity contribution in [2.24, 2.45) is 5.92 Å². The molecule has 0 aliphatic carbocycles. The van der Waals surface area contributed by atoms with E-state index in [-0.39, 0.29) is 0 Å². The molecule has 1 N–H and O–H groups in total. The maximum atomic E-state index is 3.39. The number of nitrogens with one attached hydrogen (secondary N) is 1. The maximum absolute atomic E-state index is 3.39. The summed E-state index contributed by atoms with van der Waals surface area (Å²) >= 11 is 0. The van der Waals surface area contributed by atoms with Gasteiger partial charge in [0.15, 0.2) is 0 Å². The van der Waals surface area contributed by atoms with E-state index < -0.39 is 0 Å². The predicted molar refractivity (Wildman–Crippen MR) is 92.0 cm³/mol. The first-order valence-electron chi connectivity index (χ1n) is 8.22. The molecule has 0 bridgehead atoms. The summed E-state index contributed by atoms with van der Waals surface area (Å²) in [5.74, 6) is 0.705. The second-order valence-corrected chi connectivity index (χ2v) is 6.72. The van der Waals surface area contributed by atoms with Gasteiger partial charge < -0.3 is 10.2 Å². The van der Waals surface area contributed by atoms with E-state index in [9.17, 15) is 0 Å². The summed E-state index contributed by atoms with van der Waals surface area (Å²) < 4.78 is 0. The molecule has 1 aromatic carbocycles. The normalized spacial score (nSPS) is 23.5. The van der Waals surface area contributed by atoms with Crippen molar-refractivity contribution in [1.82, 2.24) is 10.2 Å². The van der Waals surface area contributed by atoms with Crippen LogP contribution >= 0.6 is 0 Å². The largest absolute Gasteiger partial charge is 0.378 e. The molecule has 1 saturated heterocycles. The monoisotopic (exact) mass is 289 g/mol. The number of benzene rings is 1. The minimum Gasteiger partial charge on any atom is -0.378 e. The minimum absolute atomic E-state index is 0.544. The summed E-state index contributed by atoms with van der Waals surface area (Å²) in [4.78, 5) is 4.84. The standard InChI is InChI=1S/C18H31N3/c1-14(2)21-12-6-7-16(13-19-3)18(21)15-8-10-17(11-9-15)20(4)5/h8-11,14,16,18-19H,6-7,12-13H2,1-5H3. The molecule has 0 amide bonds. The zero-order valence-electron chi connectivity index (χ0n) is 14.3. The molecular formula is C18H31N3. The first-order chi connectivity index (χ1) is 10.0. The summed E-state index contributed by atoms with van der Waals surface area (Å²) in [5, 5.41) is 3.39. The predicted octanol–water partition coefficient (Wildman–Crippen LogP) is 3.13. The van der Waals surface area contributed by atoms with Crippen LogP contribution < -0.4 is 10.2 Å². The lowest BCUT2D eigenvalue weighted by Gasteiger charge is -2.44. The van der Waals surface area contributed by atoms with Gasteiger partial charge in [-0.25, -0.2) is 0 Å². The number of likely N-dealkylation sites (tertiary alicyclic amines) is 1. The van der Waals surface area contributed by atoms with Crippen LogP contribution in [0.5, 0.6) is 0 Å². The van der Waals surface area contributed by atoms with E-state index in [1.807, 2.05) is 0 Å². The van der Waals surface area contributed by atoms with E-state index in [4.69, 9.17) is 0 Å². The van der Waals surface area contributed by atoms with Gasteiger partial charge in [-0.2, -0.15) is 0 Å². The van der Waals surface area contributed by atoms with Gasteiger partial charge in [0.25, 0.3) is 0 Å². The Morgan fingerprint density at radius 3 is 2.43 bits per heavy atom. The summed E-state index contributed by atoms with van der Waals surface area (Å²) in [7, 11) is 6.26. The fourth-order valence-corrected chi connectivity index (χ4v) is 3.59. The molecule has 3 nitrogen and oxygen atoms in total. The van der Waals surface area contributed by atoms with Gasteiger partial charge in [0.05, 0.1) is 0 Å². The van der Waals surface area contributed by atoms with Crippen LogP contribution in [0.2, 0.25) is 0 Å². The van der Waals surface area contributed by atoms with Gasteiger partial charge >= 0.3 is 0 Å². The summed E-state index contributed by atoms with van der Waals surface area (Å²) in [6, 6.07) is 10.3. The summed E-state index contributed by atoms with van der Waals surface area (Å²) in [6.07, 6.45) is 2.64. The molecule has 0 aromatic heterocycles. The highest BCUT2D eigenvalue weighted by atomic mass is 15.2. The van der Waals surface area contributed by atoms with E-state index >= 15 is 0 Å². The SMILES string of the molecule is CNCC1CCCN(C(C)C)C1c1ccc(N(C)C)cc1. The highest BCUT2D eigenvalue weighted by molar-refractivity contribution is 5.46. The van der Waals surface area contributed by atoms with Crippen molar-refractivity contribution in [3.05, 3.63) is 29.8 Å². The summed E-state index contributed by atoms with van der Waals surface area (Å²) in [6.45, 7) is 6.97. The maximum Gasteiger partial charge on any atom is 0.0391 e. The van der Waals surface area contributed by atoms with E-state index in [1.54, 1.807) is 0 Å². The fourth-order valence-electron chi connectivity index (χ4n) is 3.59. The third-order valence-corrected chi connectivity index (χ3v) is 4.68. The Balaban J connectivity index is 2.28. The highest BCUT2D eigenvalue weighted by Crippen LogP contribution is 2.37. The van der Waals surface area contributed by atoms with Gasteiger partial charge in [-0.3, -0.25) is 4.90 Å². The molecule has 0 saturated carbocycles. The van der Waals surface area contributed by atoms with Crippen molar-refractivity contribution < 1.29 is 0 Å². The Bertz CT molecular complexity index is 423. The van der Waals surface area contributed by atoms with Crippen LogP contribution in [0.25, 0.3) is 0 Å². The van der Waals surface area contributed by atoms with Gasteiger partial charge in [-0.1, -0.05) is 12.1 Å². The molecule has 0 spiro atoms. The smallest absolute Gasteiger partial charge is 0.0391 e. The Hall–Kier alpha value is -1.06. The Labute approximate surface area is 130 Å². The second-order valence-electron chi connectivity index (χ2n) is 6.72. The Morgan fingerprint density at radius 1 is 1.24 bits per heavy atom. The van der Waals surface area contributed by atoms with Gasteiger partial charge in [-0.15, -0.1) is 0 Å². The molecule has 118 valence electrons. The van der Waals surface area contributed by atoms with Crippen molar-refractivity contribution in [2.45, 2.75) is 38.8 Å². The fraction of sp³-hybridized carbons (Fsp3) is 0.667. The molecule has 2 unspecified atom stereocenters. The molecular weight excluding hydrogens is 258 g/mol. The van der Waals surface area contributed by atoms with Gasteiger partial charge in [0.1, 0.15) is 0 Å². The third-order valence-electron chi connectivity index (χ3n) is 4.68. The first-order valence-corrected chi connectivity index (χ1v) is 8.22. The van der Waals surface area contributed by atoms with Crippen molar-refractivity contribution in [3.8, 4) is 0 Å². The molecule has 1 heterocycles. The topological polar surface area (TPSA) is 18.5 Å². The third kappa shape index (κ3) is 3.78. The molecule has 2 rings (SSSR count). The lowest BCUT2D eigenvalue weighted by atomic mass is 9.83. The van der Waals surface area contributed by atoms with Crippen LogP contribution in [-0.4, -0.2) is 45.2 Å². The van der Waals surface area contributed by atoms with Crippen LogP contribution in [0, 0.1) is 5.92 Å². The van der Waals surface area contributed by atoms with Crippen molar-refractivity contribution in [2.75, 3.05) is 39.1 Å². The number of piperidine rings is 1. The van der Waals surface area contributed by atoms with Gasteiger partial charge in [0, 0.05) is 31.9 Å². The van der Waals surface area contributed by atoms with E-state index in [2.05, 4.69) is 74.4 Å². The van der Waals surface area contributed by atoms with E-state index in [0.29, 0.717) is 18.0 Å². The van der Waals surface area contributed by atoms with Crippen molar-refractivity contribution >= 4 is 5.69 Å². The molecule has 3 heteroatoms.